The van der Waals surface area contributed by atoms with Crippen LogP contribution in [0.15, 0.2) is 30.3 Å². The van der Waals surface area contributed by atoms with E-state index in [1.165, 1.54) is 0 Å². The van der Waals surface area contributed by atoms with E-state index in [-0.39, 0.29) is 5.97 Å². The molecule has 0 amide bonds. The maximum absolute atomic E-state index is 11.7. The predicted molar refractivity (Wildman–Crippen MR) is 101 cm³/mol. The lowest BCUT2D eigenvalue weighted by Crippen LogP contribution is -2.34. The van der Waals surface area contributed by atoms with Crippen molar-refractivity contribution in [3.8, 4) is 0 Å². The normalized spacial score (nSPS) is 12.5. The van der Waals surface area contributed by atoms with Crippen LogP contribution in [0, 0.1) is 0 Å². The number of rotatable bonds is 9. The van der Waals surface area contributed by atoms with Crippen molar-refractivity contribution in [2.45, 2.75) is 50.9 Å². The van der Waals surface area contributed by atoms with Crippen LogP contribution in [-0.2, 0) is 25.7 Å². The maximum atomic E-state index is 11.7. The number of esters is 1. The standard InChI is InChI=1S/C16H27NO3Si.C2HF3O2/c1-21(2,3)12-11-20-16(18)15(17)9-10-19-13-14-7-5-4-6-8-14;3-2(4,5)1(6)7/h4-8,15H,9-13,17H2,1-3H3;(H,6,7)/t15-;/m1./s1. The summed E-state index contributed by atoms with van der Waals surface area (Å²) in [6, 6.07) is 10.3. The Kier molecular flexibility index (Phi) is 11.7. The highest BCUT2D eigenvalue weighted by atomic mass is 28.3. The number of carbonyl (C=O) groups excluding carboxylic acids is 1. The lowest BCUT2D eigenvalue weighted by Gasteiger charge is -2.17. The number of benzene rings is 1. The van der Waals surface area contributed by atoms with Crippen LogP contribution in [0.4, 0.5) is 13.2 Å². The van der Waals surface area contributed by atoms with Crippen LogP contribution in [0.1, 0.15) is 12.0 Å². The van der Waals surface area contributed by atoms with E-state index in [1.54, 1.807) is 0 Å². The summed E-state index contributed by atoms with van der Waals surface area (Å²) in [7, 11) is -1.17. The van der Waals surface area contributed by atoms with Gasteiger partial charge in [-0.05, 0) is 18.0 Å². The first-order chi connectivity index (χ1) is 12.8. The molecule has 28 heavy (non-hydrogen) atoms. The van der Waals surface area contributed by atoms with E-state index in [2.05, 4.69) is 19.6 Å². The van der Waals surface area contributed by atoms with Crippen LogP contribution in [0.25, 0.3) is 0 Å². The fourth-order valence-corrected chi connectivity index (χ4v) is 2.37. The van der Waals surface area contributed by atoms with Crippen molar-refractivity contribution in [3.63, 3.8) is 0 Å². The SMILES string of the molecule is C[Si](C)(C)CCOC(=O)[C@H](N)CCOCc1ccccc1.O=C(O)C(F)(F)F. The summed E-state index contributed by atoms with van der Waals surface area (Å²) >= 11 is 0. The van der Waals surface area contributed by atoms with Gasteiger partial charge >= 0.3 is 18.1 Å². The number of hydrogen-bond donors (Lipinski definition) is 2. The Morgan fingerprint density at radius 2 is 1.68 bits per heavy atom. The minimum atomic E-state index is -5.08. The van der Waals surface area contributed by atoms with Crippen LogP contribution >= 0.6 is 0 Å². The summed E-state index contributed by atoms with van der Waals surface area (Å²) in [5.74, 6) is -3.08. The van der Waals surface area contributed by atoms with Gasteiger partial charge in [0.05, 0.1) is 13.2 Å². The zero-order valence-electron chi connectivity index (χ0n) is 16.3. The zero-order chi connectivity index (χ0) is 21.8. The molecule has 10 heteroatoms. The molecule has 0 aliphatic rings. The quantitative estimate of drug-likeness (QED) is 0.359. The van der Waals surface area contributed by atoms with Gasteiger partial charge in [-0.3, -0.25) is 4.79 Å². The van der Waals surface area contributed by atoms with Gasteiger partial charge in [0, 0.05) is 14.7 Å². The fraction of sp³-hybridized carbons (Fsp3) is 0.556. The average Bonchev–Trinajstić information content (AvgIpc) is 2.58. The van der Waals surface area contributed by atoms with Crippen LogP contribution in [0.2, 0.25) is 25.7 Å². The molecule has 0 aliphatic heterocycles. The molecule has 0 unspecified atom stereocenters. The molecule has 0 fully saturated rings. The average molecular weight is 424 g/mol. The van der Waals surface area contributed by atoms with Gasteiger partial charge in [-0.2, -0.15) is 13.2 Å². The second-order valence-electron chi connectivity index (χ2n) is 7.21. The molecule has 0 bridgehead atoms. The number of halogens is 3. The van der Waals surface area contributed by atoms with Crippen LogP contribution in [-0.4, -0.2) is 50.6 Å². The number of hydrogen-bond acceptors (Lipinski definition) is 5. The minimum Gasteiger partial charge on any atom is -0.475 e. The highest BCUT2D eigenvalue weighted by molar-refractivity contribution is 6.76. The third-order valence-corrected chi connectivity index (χ3v) is 5.03. The molecule has 1 aromatic rings. The van der Waals surface area contributed by atoms with Crippen molar-refractivity contribution in [1.82, 2.24) is 0 Å². The molecule has 0 spiro atoms. The Hall–Kier alpha value is -1.91. The van der Waals surface area contributed by atoms with Crippen molar-refractivity contribution < 1.29 is 37.3 Å². The van der Waals surface area contributed by atoms with E-state index in [4.69, 9.17) is 25.1 Å². The van der Waals surface area contributed by atoms with E-state index in [0.29, 0.717) is 26.2 Å². The van der Waals surface area contributed by atoms with E-state index in [0.717, 1.165) is 11.6 Å². The molecule has 0 aliphatic carbocycles. The summed E-state index contributed by atoms with van der Waals surface area (Å²) in [6.45, 7) is 8.22. The first-order valence-corrected chi connectivity index (χ1v) is 12.4. The zero-order valence-corrected chi connectivity index (χ0v) is 17.3. The first-order valence-electron chi connectivity index (χ1n) is 8.67. The van der Waals surface area contributed by atoms with Crippen LogP contribution < -0.4 is 5.73 Å². The van der Waals surface area contributed by atoms with Gasteiger partial charge in [-0.25, -0.2) is 4.79 Å². The molecule has 3 N–H and O–H groups in total. The molecule has 0 saturated heterocycles. The van der Waals surface area contributed by atoms with Gasteiger partial charge in [-0.1, -0.05) is 50.0 Å². The Bertz CT molecular complexity index is 591. The number of nitrogens with two attached hydrogens (primary N) is 1. The summed E-state index contributed by atoms with van der Waals surface area (Å²) in [5.41, 5.74) is 6.92. The van der Waals surface area contributed by atoms with Gasteiger partial charge in [-0.15, -0.1) is 0 Å². The number of aliphatic carboxylic acids is 1. The number of carboxylic acid groups (broad SMARTS) is 1. The number of alkyl halides is 3. The number of ether oxygens (including phenoxy) is 2. The van der Waals surface area contributed by atoms with E-state index < -0.39 is 26.3 Å². The molecule has 160 valence electrons. The van der Waals surface area contributed by atoms with Crippen molar-refractivity contribution in [1.29, 1.82) is 0 Å². The maximum Gasteiger partial charge on any atom is 0.490 e. The molecule has 1 aromatic carbocycles. The van der Waals surface area contributed by atoms with Gasteiger partial charge in [0.25, 0.3) is 0 Å². The van der Waals surface area contributed by atoms with Gasteiger partial charge in [0.15, 0.2) is 0 Å². The minimum absolute atomic E-state index is 0.323. The van der Waals surface area contributed by atoms with Crippen molar-refractivity contribution >= 4 is 20.0 Å². The van der Waals surface area contributed by atoms with Crippen LogP contribution in [0.3, 0.4) is 0 Å². The third kappa shape index (κ3) is 14.2. The number of carboxylic acids is 1. The van der Waals surface area contributed by atoms with Crippen LogP contribution in [0.5, 0.6) is 0 Å². The summed E-state index contributed by atoms with van der Waals surface area (Å²) in [5, 5.41) is 7.12. The Balaban J connectivity index is 0.000000887. The molecule has 0 aromatic heterocycles. The predicted octanol–water partition coefficient (Wildman–Crippen LogP) is 3.44. The molecular weight excluding hydrogens is 395 g/mol. The first kappa shape index (κ1) is 26.1. The van der Waals surface area contributed by atoms with Crippen molar-refractivity contribution in [2.75, 3.05) is 13.2 Å². The molecule has 6 nitrogen and oxygen atoms in total. The molecule has 0 saturated carbocycles. The Morgan fingerprint density at radius 3 is 2.14 bits per heavy atom. The summed E-state index contributed by atoms with van der Waals surface area (Å²) < 4.78 is 42.5. The Morgan fingerprint density at radius 1 is 1.14 bits per heavy atom. The summed E-state index contributed by atoms with van der Waals surface area (Å²) in [6.07, 6.45) is -4.60. The molecular formula is C18H28F3NO5Si. The highest BCUT2D eigenvalue weighted by Crippen LogP contribution is 2.13. The fourth-order valence-electron chi connectivity index (χ4n) is 1.66. The second kappa shape index (κ2) is 12.5. The summed E-state index contributed by atoms with van der Waals surface area (Å²) in [4.78, 5) is 20.6. The molecule has 1 atom stereocenters. The second-order valence-corrected chi connectivity index (χ2v) is 12.8. The third-order valence-electron chi connectivity index (χ3n) is 3.33. The molecule has 0 heterocycles. The monoisotopic (exact) mass is 423 g/mol. The molecule has 1 rings (SSSR count). The van der Waals surface area contributed by atoms with E-state index in [1.807, 2.05) is 30.3 Å². The Labute approximate surface area is 163 Å². The smallest absolute Gasteiger partial charge is 0.475 e. The molecule has 0 radical (unpaired) electrons. The largest absolute Gasteiger partial charge is 0.490 e. The van der Waals surface area contributed by atoms with Gasteiger partial charge < -0.3 is 20.3 Å². The van der Waals surface area contributed by atoms with Crippen molar-refractivity contribution in [3.05, 3.63) is 35.9 Å². The lowest BCUT2D eigenvalue weighted by atomic mass is 10.2. The van der Waals surface area contributed by atoms with Gasteiger partial charge in [0.2, 0.25) is 0 Å². The van der Waals surface area contributed by atoms with Gasteiger partial charge in [0.1, 0.15) is 6.04 Å². The number of carbonyl (C=O) groups is 2. The highest BCUT2D eigenvalue weighted by Gasteiger charge is 2.38. The van der Waals surface area contributed by atoms with E-state index >= 15 is 0 Å². The topological polar surface area (TPSA) is 98.9 Å². The van der Waals surface area contributed by atoms with E-state index in [9.17, 15) is 18.0 Å². The van der Waals surface area contributed by atoms with Crippen molar-refractivity contribution in [2.24, 2.45) is 5.73 Å². The lowest BCUT2D eigenvalue weighted by molar-refractivity contribution is -0.192.